The van der Waals surface area contributed by atoms with Crippen LogP contribution in [0.15, 0.2) is 30.5 Å². The Kier molecular flexibility index (Phi) is 4.03. The van der Waals surface area contributed by atoms with Gasteiger partial charge in [0.1, 0.15) is 0 Å². The van der Waals surface area contributed by atoms with Crippen LogP contribution in [-0.2, 0) is 13.6 Å². The standard InChI is InChI=1S/C16H17N5O3/c1-3-8-21-12-7-5-4-6-11(12)18-16(21)19-14(22)10-9-17-20(2)13(10)15(23)24/h4-7,9H,3,8H2,1-2H3,(H,23,24)(H,18,19,22). The zero-order valence-electron chi connectivity index (χ0n) is 13.4. The van der Waals surface area contributed by atoms with Crippen LogP contribution in [0, 0.1) is 0 Å². The van der Waals surface area contributed by atoms with Crippen LogP contribution in [0.4, 0.5) is 5.95 Å². The third kappa shape index (κ3) is 2.62. The molecule has 0 spiro atoms. The highest BCUT2D eigenvalue weighted by atomic mass is 16.4. The second kappa shape index (κ2) is 6.15. The van der Waals surface area contributed by atoms with E-state index in [1.54, 1.807) is 0 Å². The number of benzene rings is 1. The molecule has 0 aliphatic heterocycles. The molecule has 0 unspecified atom stereocenters. The number of fused-ring (bicyclic) bond motifs is 1. The van der Waals surface area contributed by atoms with Gasteiger partial charge in [-0.05, 0) is 18.6 Å². The average molecular weight is 327 g/mol. The van der Waals surface area contributed by atoms with Crippen LogP contribution in [0.2, 0.25) is 0 Å². The van der Waals surface area contributed by atoms with Crippen molar-refractivity contribution in [1.29, 1.82) is 0 Å². The summed E-state index contributed by atoms with van der Waals surface area (Å²) in [7, 11) is 1.48. The molecule has 1 aromatic carbocycles. The fourth-order valence-corrected chi connectivity index (χ4v) is 2.65. The summed E-state index contributed by atoms with van der Waals surface area (Å²) in [5.74, 6) is -1.36. The van der Waals surface area contributed by atoms with Crippen molar-refractivity contribution in [1.82, 2.24) is 19.3 Å². The van der Waals surface area contributed by atoms with Crippen LogP contribution in [0.5, 0.6) is 0 Å². The lowest BCUT2D eigenvalue weighted by Gasteiger charge is -2.08. The van der Waals surface area contributed by atoms with Crippen molar-refractivity contribution in [3.8, 4) is 0 Å². The van der Waals surface area contributed by atoms with Crippen LogP contribution < -0.4 is 5.32 Å². The second-order valence-corrected chi connectivity index (χ2v) is 5.37. The molecule has 1 amide bonds. The predicted octanol–water partition coefficient (Wildman–Crippen LogP) is 2.13. The maximum Gasteiger partial charge on any atom is 0.354 e. The molecule has 3 aromatic rings. The van der Waals surface area contributed by atoms with Crippen molar-refractivity contribution in [3.05, 3.63) is 41.7 Å². The first-order chi connectivity index (χ1) is 11.5. The number of carbonyl (C=O) groups excluding carboxylic acids is 1. The number of hydrogen-bond acceptors (Lipinski definition) is 4. The summed E-state index contributed by atoms with van der Waals surface area (Å²) in [6.45, 7) is 2.72. The van der Waals surface area contributed by atoms with Gasteiger partial charge in [-0.1, -0.05) is 19.1 Å². The summed E-state index contributed by atoms with van der Waals surface area (Å²) < 4.78 is 3.07. The van der Waals surface area contributed by atoms with Gasteiger partial charge in [-0.15, -0.1) is 0 Å². The van der Waals surface area contributed by atoms with Gasteiger partial charge in [-0.25, -0.2) is 9.78 Å². The maximum absolute atomic E-state index is 12.5. The molecule has 2 aromatic heterocycles. The number of aromatic carboxylic acids is 1. The van der Waals surface area contributed by atoms with Gasteiger partial charge in [0.2, 0.25) is 5.95 Å². The molecule has 0 radical (unpaired) electrons. The maximum atomic E-state index is 12.5. The van der Waals surface area contributed by atoms with Crippen molar-refractivity contribution in [2.24, 2.45) is 7.05 Å². The van der Waals surface area contributed by atoms with Crippen molar-refractivity contribution in [2.45, 2.75) is 19.9 Å². The second-order valence-electron chi connectivity index (χ2n) is 5.37. The van der Waals surface area contributed by atoms with Crippen LogP contribution in [0.3, 0.4) is 0 Å². The summed E-state index contributed by atoms with van der Waals surface area (Å²) in [4.78, 5) is 28.2. The van der Waals surface area contributed by atoms with E-state index in [2.05, 4.69) is 15.4 Å². The Hall–Kier alpha value is -3.16. The normalized spacial score (nSPS) is 10.9. The van der Waals surface area contributed by atoms with Crippen LogP contribution in [0.1, 0.15) is 34.2 Å². The average Bonchev–Trinajstić information content (AvgIpc) is 3.09. The number of amides is 1. The SMILES string of the molecule is CCCn1c(NC(=O)c2cnn(C)c2C(=O)O)nc2ccccc21. The van der Waals surface area contributed by atoms with E-state index in [9.17, 15) is 14.7 Å². The number of aryl methyl sites for hydroxylation is 2. The van der Waals surface area contributed by atoms with Crippen molar-refractivity contribution in [3.63, 3.8) is 0 Å². The lowest BCUT2D eigenvalue weighted by Crippen LogP contribution is -2.19. The fourth-order valence-electron chi connectivity index (χ4n) is 2.65. The number of aromatic nitrogens is 4. The van der Waals surface area contributed by atoms with Gasteiger partial charge in [-0.2, -0.15) is 5.10 Å². The highest BCUT2D eigenvalue weighted by Gasteiger charge is 2.23. The van der Waals surface area contributed by atoms with Gasteiger partial charge in [0.05, 0.1) is 22.8 Å². The number of para-hydroxylation sites is 2. The van der Waals surface area contributed by atoms with Crippen molar-refractivity contribution < 1.29 is 14.7 Å². The summed E-state index contributed by atoms with van der Waals surface area (Å²) in [5, 5.41) is 15.8. The number of anilines is 1. The zero-order chi connectivity index (χ0) is 17.3. The molecular weight excluding hydrogens is 310 g/mol. The Morgan fingerprint density at radius 1 is 1.29 bits per heavy atom. The zero-order valence-corrected chi connectivity index (χ0v) is 13.4. The third-order valence-corrected chi connectivity index (χ3v) is 3.71. The number of imidazole rings is 1. The van der Waals surface area contributed by atoms with E-state index in [0.717, 1.165) is 22.1 Å². The predicted molar refractivity (Wildman–Crippen MR) is 88.1 cm³/mol. The van der Waals surface area contributed by atoms with Crippen LogP contribution >= 0.6 is 0 Å². The highest BCUT2D eigenvalue weighted by Crippen LogP contribution is 2.21. The van der Waals surface area contributed by atoms with Gasteiger partial charge in [-0.3, -0.25) is 14.8 Å². The van der Waals surface area contributed by atoms with Crippen LogP contribution in [-0.4, -0.2) is 36.3 Å². The molecule has 0 saturated carbocycles. The van der Waals surface area contributed by atoms with Gasteiger partial charge in [0, 0.05) is 13.6 Å². The number of carboxylic acid groups (broad SMARTS) is 1. The minimum atomic E-state index is -1.21. The molecular formula is C16H17N5O3. The monoisotopic (exact) mass is 327 g/mol. The highest BCUT2D eigenvalue weighted by molar-refractivity contribution is 6.09. The molecule has 0 fully saturated rings. The van der Waals surface area contributed by atoms with E-state index in [1.165, 1.54) is 13.2 Å². The minimum absolute atomic E-state index is 0.0000968. The van der Waals surface area contributed by atoms with Gasteiger partial charge in [0.15, 0.2) is 5.69 Å². The number of hydrogen-bond donors (Lipinski definition) is 2. The molecule has 0 bridgehead atoms. The Balaban J connectivity index is 1.99. The molecule has 24 heavy (non-hydrogen) atoms. The van der Waals surface area contributed by atoms with Crippen molar-refractivity contribution in [2.75, 3.05) is 5.32 Å². The van der Waals surface area contributed by atoms with Crippen molar-refractivity contribution >= 4 is 28.9 Å². The molecule has 0 atom stereocenters. The number of nitrogens with one attached hydrogen (secondary N) is 1. The Labute approximate surface area is 137 Å². The quantitative estimate of drug-likeness (QED) is 0.747. The largest absolute Gasteiger partial charge is 0.477 e. The van der Waals surface area contributed by atoms with E-state index >= 15 is 0 Å². The van der Waals surface area contributed by atoms with E-state index in [4.69, 9.17) is 0 Å². The van der Waals surface area contributed by atoms with E-state index in [0.29, 0.717) is 12.5 Å². The summed E-state index contributed by atoms with van der Waals surface area (Å²) in [6.07, 6.45) is 2.11. The topological polar surface area (TPSA) is 102 Å². The Bertz CT molecular complexity index is 925. The Morgan fingerprint density at radius 2 is 2.04 bits per heavy atom. The number of carbonyl (C=O) groups is 2. The molecule has 0 aliphatic rings. The number of nitrogens with zero attached hydrogens (tertiary/aromatic N) is 4. The number of carboxylic acids is 1. The van der Waals surface area contributed by atoms with Gasteiger partial charge in [0.25, 0.3) is 5.91 Å². The summed E-state index contributed by atoms with van der Waals surface area (Å²) in [6, 6.07) is 7.58. The van der Waals surface area contributed by atoms with E-state index in [1.807, 2.05) is 35.8 Å². The molecule has 0 aliphatic carbocycles. The first-order valence-electron chi connectivity index (χ1n) is 7.54. The van der Waals surface area contributed by atoms with Crippen LogP contribution in [0.25, 0.3) is 11.0 Å². The molecule has 2 N–H and O–H groups in total. The first kappa shape index (κ1) is 15.7. The number of rotatable bonds is 5. The summed E-state index contributed by atoms with van der Waals surface area (Å²) in [5.41, 5.74) is 1.52. The smallest absolute Gasteiger partial charge is 0.354 e. The van der Waals surface area contributed by atoms with E-state index in [-0.39, 0.29) is 11.3 Å². The lowest BCUT2D eigenvalue weighted by molar-refractivity contribution is 0.0680. The minimum Gasteiger partial charge on any atom is -0.477 e. The molecule has 0 saturated heterocycles. The van der Waals surface area contributed by atoms with E-state index < -0.39 is 11.9 Å². The Morgan fingerprint density at radius 3 is 2.75 bits per heavy atom. The molecule has 2 heterocycles. The molecule has 8 nitrogen and oxygen atoms in total. The van der Waals surface area contributed by atoms with Gasteiger partial charge >= 0.3 is 5.97 Å². The lowest BCUT2D eigenvalue weighted by atomic mass is 10.2. The molecule has 3 rings (SSSR count). The molecule has 8 heteroatoms. The first-order valence-corrected chi connectivity index (χ1v) is 7.54. The van der Waals surface area contributed by atoms with Gasteiger partial charge < -0.3 is 9.67 Å². The molecule has 124 valence electrons. The third-order valence-electron chi connectivity index (χ3n) is 3.71. The fraction of sp³-hybridized carbons (Fsp3) is 0.250. The summed E-state index contributed by atoms with van der Waals surface area (Å²) >= 11 is 0.